The van der Waals surface area contributed by atoms with Crippen LogP contribution >= 0.6 is 11.6 Å². The molecule has 13 heteroatoms. The number of benzene rings is 1. The molecule has 0 aliphatic heterocycles. The lowest BCUT2D eigenvalue weighted by Crippen LogP contribution is -2.44. The number of amides is 3. The number of nitro groups is 1. The summed E-state index contributed by atoms with van der Waals surface area (Å²) in [6.45, 7) is -2.67. The summed E-state index contributed by atoms with van der Waals surface area (Å²) in [7, 11) is 0. The van der Waals surface area contributed by atoms with Crippen LogP contribution in [0, 0.1) is 10.1 Å². The van der Waals surface area contributed by atoms with E-state index < -0.39 is 53.4 Å². The maximum absolute atomic E-state index is 11.9. The molecule has 0 heterocycles. The molecule has 0 atom stereocenters. The fourth-order valence-electron chi connectivity index (χ4n) is 1.38. The average molecular weight is 384 g/mol. The molecule has 0 spiro atoms. The van der Waals surface area contributed by atoms with E-state index in [9.17, 15) is 37.7 Å². The zero-order valence-corrected chi connectivity index (χ0v) is 12.8. The van der Waals surface area contributed by atoms with Crippen molar-refractivity contribution in [2.75, 3.05) is 13.2 Å². The molecular formula is C12H9ClF3N3O6. The van der Waals surface area contributed by atoms with Gasteiger partial charge < -0.3 is 10.1 Å². The average Bonchev–Trinajstić information content (AvgIpc) is 2.50. The van der Waals surface area contributed by atoms with Crippen molar-refractivity contribution in [3.05, 3.63) is 38.9 Å². The van der Waals surface area contributed by atoms with Gasteiger partial charge in [0.05, 0.1) is 15.5 Å². The van der Waals surface area contributed by atoms with Gasteiger partial charge >= 0.3 is 18.2 Å². The maximum atomic E-state index is 11.9. The standard InChI is InChI=1S/C12H9ClF3N3O6/c13-8-2-1-6(19(23)24)3-7(8)10(21)25-4-9(20)18-11(22)17-5-12(14,15)16/h1-3H,4-5H2,(H2,17,18,20,22). The molecule has 0 aliphatic carbocycles. The Morgan fingerprint density at radius 2 is 1.92 bits per heavy atom. The summed E-state index contributed by atoms with van der Waals surface area (Å²) in [6.07, 6.45) is -4.66. The number of hydrogen-bond acceptors (Lipinski definition) is 6. The number of nitrogens with zero attached hydrogens (tertiary/aromatic N) is 1. The van der Waals surface area contributed by atoms with Gasteiger partial charge in [-0.1, -0.05) is 11.6 Å². The third-order valence-corrected chi connectivity index (χ3v) is 2.75. The minimum Gasteiger partial charge on any atom is -0.452 e. The topological polar surface area (TPSA) is 128 Å². The number of carbonyl (C=O) groups is 3. The van der Waals surface area contributed by atoms with E-state index in [1.165, 1.54) is 10.6 Å². The zero-order valence-electron chi connectivity index (χ0n) is 12.1. The van der Waals surface area contributed by atoms with E-state index in [-0.39, 0.29) is 5.02 Å². The van der Waals surface area contributed by atoms with Gasteiger partial charge in [-0.25, -0.2) is 9.59 Å². The molecule has 0 saturated heterocycles. The van der Waals surface area contributed by atoms with Gasteiger partial charge in [0.2, 0.25) is 0 Å². The molecule has 1 aromatic rings. The van der Waals surface area contributed by atoms with Crippen molar-refractivity contribution in [3.8, 4) is 0 Å². The highest BCUT2D eigenvalue weighted by Gasteiger charge is 2.28. The lowest BCUT2D eigenvalue weighted by Gasteiger charge is -2.09. The van der Waals surface area contributed by atoms with Crippen LogP contribution in [0.3, 0.4) is 0 Å². The molecule has 1 rings (SSSR count). The first kappa shape index (κ1) is 20.2. The van der Waals surface area contributed by atoms with Gasteiger partial charge in [0.25, 0.3) is 11.6 Å². The van der Waals surface area contributed by atoms with Gasteiger partial charge in [0.1, 0.15) is 6.54 Å². The smallest absolute Gasteiger partial charge is 0.405 e. The number of urea groups is 1. The SMILES string of the molecule is O=C(COC(=O)c1cc([N+](=O)[O-])ccc1Cl)NC(=O)NCC(F)(F)F. The lowest BCUT2D eigenvalue weighted by atomic mass is 10.2. The summed E-state index contributed by atoms with van der Waals surface area (Å²) in [5.41, 5.74) is -0.850. The van der Waals surface area contributed by atoms with Gasteiger partial charge in [-0.3, -0.25) is 20.2 Å². The van der Waals surface area contributed by atoms with Crippen molar-refractivity contribution in [3.63, 3.8) is 0 Å². The van der Waals surface area contributed by atoms with Crippen LogP contribution in [-0.4, -0.2) is 42.2 Å². The first-order valence-corrected chi connectivity index (χ1v) is 6.63. The fourth-order valence-corrected chi connectivity index (χ4v) is 1.57. The second-order valence-corrected chi connectivity index (χ2v) is 4.75. The first-order chi connectivity index (χ1) is 11.5. The minimum atomic E-state index is -4.66. The van der Waals surface area contributed by atoms with E-state index in [0.717, 1.165) is 18.2 Å². The van der Waals surface area contributed by atoms with Crippen LogP contribution < -0.4 is 10.6 Å². The van der Waals surface area contributed by atoms with Gasteiger partial charge in [0, 0.05) is 12.1 Å². The molecule has 0 aliphatic rings. The number of non-ortho nitro benzene ring substituents is 1. The molecule has 136 valence electrons. The van der Waals surface area contributed by atoms with Crippen molar-refractivity contribution in [2.24, 2.45) is 0 Å². The summed E-state index contributed by atoms with van der Waals surface area (Å²) < 4.78 is 40.1. The van der Waals surface area contributed by atoms with Crippen LogP contribution in [0.25, 0.3) is 0 Å². The molecule has 2 N–H and O–H groups in total. The number of rotatable bonds is 5. The Hall–Kier alpha value is -2.89. The van der Waals surface area contributed by atoms with E-state index in [4.69, 9.17) is 11.6 Å². The van der Waals surface area contributed by atoms with Crippen molar-refractivity contribution in [1.82, 2.24) is 10.6 Å². The normalized spacial score (nSPS) is 10.7. The van der Waals surface area contributed by atoms with Crippen molar-refractivity contribution in [1.29, 1.82) is 0 Å². The quantitative estimate of drug-likeness (QED) is 0.453. The third kappa shape index (κ3) is 7.03. The summed E-state index contributed by atoms with van der Waals surface area (Å²) in [4.78, 5) is 43.9. The second kappa shape index (κ2) is 8.28. The number of nitro benzene ring substituents is 1. The minimum absolute atomic E-state index is 0.182. The van der Waals surface area contributed by atoms with Gasteiger partial charge in [-0.05, 0) is 6.07 Å². The van der Waals surface area contributed by atoms with Crippen molar-refractivity contribution < 1.29 is 37.2 Å². The molecule has 25 heavy (non-hydrogen) atoms. The van der Waals surface area contributed by atoms with Gasteiger partial charge in [0.15, 0.2) is 6.61 Å². The fraction of sp³-hybridized carbons (Fsp3) is 0.250. The number of imide groups is 1. The highest BCUT2D eigenvalue weighted by Crippen LogP contribution is 2.22. The molecular weight excluding hydrogens is 375 g/mol. The summed E-state index contributed by atoms with van der Waals surface area (Å²) in [5, 5.41) is 13.3. The number of alkyl halides is 3. The molecule has 0 unspecified atom stereocenters. The van der Waals surface area contributed by atoms with Crippen LogP contribution in [0.15, 0.2) is 18.2 Å². The molecule has 9 nitrogen and oxygen atoms in total. The lowest BCUT2D eigenvalue weighted by molar-refractivity contribution is -0.384. The van der Waals surface area contributed by atoms with E-state index in [0.29, 0.717) is 0 Å². The van der Waals surface area contributed by atoms with Crippen LogP contribution in [0.5, 0.6) is 0 Å². The number of hydrogen-bond donors (Lipinski definition) is 2. The number of nitrogens with one attached hydrogen (secondary N) is 2. The molecule has 0 radical (unpaired) electrons. The molecule has 3 amide bonds. The molecule has 0 bridgehead atoms. The second-order valence-electron chi connectivity index (χ2n) is 4.34. The Balaban J connectivity index is 2.56. The maximum Gasteiger partial charge on any atom is 0.405 e. The van der Waals surface area contributed by atoms with Crippen LogP contribution in [-0.2, 0) is 9.53 Å². The largest absolute Gasteiger partial charge is 0.452 e. The van der Waals surface area contributed by atoms with Crippen molar-refractivity contribution >= 4 is 35.2 Å². The highest BCUT2D eigenvalue weighted by molar-refractivity contribution is 6.33. The third-order valence-electron chi connectivity index (χ3n) is 2.42. The molecule has 0 fully saturated rings. The van der Waals surface area contributed by atoms with Crippen molar-refractivity contribution in [2.45, 2.75) is 6.18 Å². The predicted octanol–water partition coefficient (Wildman–Crippen LogP) is 1.79. The predicted molar refractivity (Wildman–Crippen MR) is 76.0 cm³/mol. The first-order valence-electron chi connectivity index (χ1n) is 6.25. The van der Waals surface area contributed by atoms with E-state index >= 15 is 0 Å². The Kier molecular flexibility index (Phi) is 6.68. The van der Waals surface area contributed by atoms with Crippen LogP contribution in [0.1, 0.15) is 10.4 Å². The molecule has 0 saturated carbocycles. The van der Waals surface area contributed by atoms with E-state index in [1.54, 1.807) is 0 Å². The van der Waals surface area contributed by atoms with Gasteiger partial charge in [-0.15, -0.1) is 0 Å². The zero-order chi connectivity index (χ0) is 19.2. The highest BCUT2D eigenvalue weighted by atomic mass is 35.5. The summed E-state index contributed by atoms with van der Waals surface area (Å²) >= 11 is 5.68. The summed E-state index contributed by atoms with van der Waals surface area (Å²) in [5.74, 6) is -2.41. The van der Waals surface area contributed by atoms with Crippen LogP contribution in [0.2, 0.25) is 5.02 Å². The number of esters is 1. The Morgan fingerprint density at radius 3 is 2.48 bits per heavy atom. The summed E-state index contributed by atoms with van der Waals surface area (Å²) in [6, 6.07) is 1.49. The Labute approximate surface area is 142 Å². The van der Waals surface area contributed by atoms with E-state index in [1.807, 2.05) is 0 Å². The monoisotopic (exact) mass is 383 g/mol. The number of halogens is 4. The van der Waals surface area contributed by atoms with E-state index in [2.05, 4.69) is 4.74 Å². The van der Waals surface area contributed by atoms with Gasteiger partial charge in [-0.2, -0.15) is 13.2 Å². The molecule has 1 aromatic carbocycles. The Morgan fingerprint density at radius 1 is 1.28 bits per heavy atom. The number of carbonyl (C=O) groups excluding carboxylic acids is 3. The Bertz CT molecular complexity index is 710. The van der Waals surface area contributed by atoms with Crippen LogP contribution in [0.4, 0.5) is 23.7 Å². The molecule has 0 aromatic heterocycles. The number of ether oxygens (including phenoxy) is 1.